The number of aromatic nitrogens is 3. The first-order valence-corrected chi connectivity index (χ1v) is 9.79. The molecule has 0 aliphatic rings. The number of hydrogen-bond acceptors (Lipinski definition) is 7. The van der Waals surface area contributed by atoms with Gasteiger partial charge in [0, 0.05) is 5.56 Å². The number of unbranched alkanes of at least 4 members (excludes halogenated alkanes) is 1. The first-order chi connectivity index (χ1) is 13.0. The SMILES string of the molecule is CCCCN(C)C(c1cccc(OC)c1OC)c1sc2nc(C)nn2c1O. The zero-order valence-corrected chi connectivity index (χ0v) is 17.2. The van der Waals surface area contributed by atoms with E-state index in [1.54, 1.807) is 14.2 Å². The second-order valence-electron chi connectivity index (χ2n) is 6.46. The molecule has 0 saturated carbocycles. The Kier molecular flexibility index (Phi) is 5.86. The Balaban J connectivity index is 2.17. The van der Waals surface area contributed by atoms with Crippen molar-refractivity contribution in [1.82, 2.24) is 19.5 Å². The van der Waals surface area contributed by atoms with Crippen molar-refractivity contribution in [1.29, 1.82) is 0 Å². The predicted octanol–water partition coefficient (Wildman–Crippen LogP) is 3.64. The molecule has 1 aromatic carbocycles. The van der Waals surface area contributed by atoms with Gasteiger partial charge in [0.1, 0.15) is 5.82 Å². The monoisotopic (exact) mass is 390 g/mol. The van der Waals surface area contributed by atoms with Crippen LogP contribution in [0, 0.1) is 6.92 Å². The summed E-state index contributed by atoms with van der Waals surface area (Å²) in [6.07, 6.45) is 2.15. The third-order valence-corrected chi connectivity index (χ3v) is 5.66. The van der Waals surface area contributed by atoms with E-state index in [9.17, 15) is 5.11 Å². The lowest BCUT2D eigenvalue weighted by Gasteiger charge is -2.29. The molecule has 3 aromatic rings. The van der Waals surface area contributed by atoms with Crippen LogP contribution in [0.1, 0.15) is 42.1 Å². The van der Waals surface area contributed by atoms with Crippen LogP contribution < -0.4 is 9.47 Å². The fourth-order valence-electron chi connectivity index (χ4n) is 3.27. The van der Waals surface area contributed by atoms with Crippen LogP contribution in [0.3, 0.4) is 0 Å². The van der Waals surface area contributed by atoms with Crippen molar-refractivity contribution in [3.05, 3.63) is 34.5 Å². The molecule has 0 radical (unpaired) electrons. The van der Waals surface area contributed by atoms with Gasteiger partial charge in [-0.1, -0.05) is 36.8 Å². The van der Waals surface area contributed by atoms with Crippen molar-refractivity contribution in [3.8, 4) is 17.4 Å². The van der Waals surface area contributed by atoms with Crippen molar-refractivity contribution in [2.24, 2.45) is 0 Å². The van der Waals surface area contributed by atoms with Crippen LogP contribution >= 0.6 is 11.3 Å². The second-order valence-corrected chi connectivity index (χ2v) is 7.47. The Hall–Kier alpha value is -2.32. The molecule has 2 heterocycles. The molecule has 3 rings (SSSR count). The summed E-state index contributed by atoms with van der Waals surface area (Å²) < 4.78 is 12.7. The van der Waals surface area contributed by atoms with Gasteiger partial charge >= 0.3 is 0 Å². The molecule has 0 aliphatic carbocycles. The van der Waals surface area contributed by atoms with Crippen LogP contribution in [0.4, 0.5) is 0 Å². The zero-order chi connectivity index (χ0) is 19.6. The molecule has 2 aromatic heterocycles. The van der Waals surface area contributed by atoms with Gasteiger partial charge in [-0.25, -0.2) is 4.98 Å². The van der Waals surface area contributed by atoms with Crippen molar-refractivity contribution in [2.45, 2.75) is 32.7 Å². The highest BCUT2D eigenvalue weighted by Crippen LogP contribution is 2.44. The minimum Gasteiger partial charge on any atom is -0.493 e. The normalized spacial score (nSPS) is 12.7. The number of nitrogens with zero attached hydrogens (tertiary/aromatic N) is 4. The predicted molar refractivity (Wildman–Crippen MR) is 106 cm³/mol. The van der Waals surface area contributed by atoms with E-state index in [0.29, 0.717) is 22.3 Å². The van der Waals surface area contributed by atoms with Crippen molar-refractivity contribution in [2.75, 3.05) is 27.8 Å². The molecular formula is C19H26N4O3S. The van der Waals surface area contributed by atoms with Crippen LogP contribution in [0.5, 0.6) is 17.4 Å². The number of aromatic hydroxyl groups is 1. The maximum absolute atomic E-state index is 10.9. The second kappa shape index (κ2) is 8.14. The highest BCUT2D eigenvalue weighted by atomic mass is 32.1. The van der Waals surface area contributed by atoms with E-state index in [-0.39, 0.29) is 11.9 Å². The number of ether oxygens (including phenoxy) is 2. The molecule has 1 unspecified atom stereocenters. The maximum atomic E-state index is 10.9. The number of aryl methyl sites for hydroxylation is 1. The maximum Gasteiger partial charge on any atom is 0.230 e. The molecule has 0 amide bonds. The van der Waals surface area contributed by atoms with Gasteiger partial charge in [-0.15, -0.1) is 5.10 Å². The molecule has 0 fully saturated rings. The van der Waals surface area contributed by atoms with E-state index >= 15 is 0 Å². The van der Waals surface area contributed by atoms with E-state index < -0.39 is 0 Å². The smallest absolute Gasteiger partial charge is 0.230 e. The first-order valence-electron chi connectivity index (χ1n) is 8.97. The molecule has 7 nitrogen and oxygen atoms in total. The lowest BCUT2D eigenvalue weighted by Crippen LogP contribution is -2.26. The average Bonchev–Trinajstić information content (AvgIpc) is 3.17. The summed E-state index contributed by atoms with van der Waals surface area (Å²) in [6, 6.07) is 5.62. The number of fused-ring (bicyclic) bond motifs is 1. The van der Waals surface area contributed by atoms with Crippen LogP contribution in [0.2, 0.25) is 0 Å². The Morgan fingerprint density at radius 3 is 2.70 bits per heavy atom. The van der Waals surface area contributed by atoms with Gasteiger partial charge in [-0.3, -0.25) is 4.90 Å². The minimum atomic E-state index is -0.199. The third-order valence-electron chi connectivity index (χ3n) is 4.59. The van der Waals surface area contributed by atoms with Gasteiger partial charge in [-0.2, -0.15) is 4.52 Å². The van der Waals surface area contributed by atoms with Crippen molar-refractivity contribution in [3.63, 3.8) is 0 Å². The van der Waals surface area contributed by atoms with Gasteiger partial charge < -0.3 is 14.6 Å². The summed E-state index contributed by atoms with van der Waals surface area (Å²) >= 11 is 1.44. The van der Waals surface area contributed by atoms with Gasteiger partial charge in [0.15, 0.2) is 11.5 Å². The Morgan fingerprint density at radius 2 is 2.07 bits per heavy atom. The van der Waals surface area contributed by atoms with E-state index in [1.807, 2.05) is 25.1 Å². The zero-order valence-electron chi connectivity index (χ0n) is 16.4. The largest absolute Gasteiger partial charge is 0.493 e. The van der Waals surface area contributed by atoms with Gasteiger partial charge in [0.05, 0.1) is 25.1 Å². The van der Waals surface area contributed by atoms with E-state index in [2.05, 4.69) is 29.0 Å². The van der Waals surface area contributed by atoms with Crippen molar-refractivity contribution < 1.29 is 14.6 Å². The molecular weight excluding hydrogens is 364 g/mol. The number of benzene rings is 1. The first kappa shape index (κ1) is 19.4. The van der Waals surface area contributed by atoms with E-state index in [1.165, 1.54) is 15.9 Å². The standard InChI is InChI=1S/C19H26N4O3S/c1-6-7-11-22(3)15(13-9-8-10-14(25-4)16(13)26-5)17-18(24)23-19(27-17)20-12(2)21-23/h8-10,15,24H,6-7,11H2,1-5H3. The molecule has 146 valence electrons. The topological polar surface area (TPSA) is 72.1 Å². The molecule has 0 saturated heterocycles. The van der Waals surface area contributed by atoms with Crippen molar-refractivity contribution >= 4 is 16.3 Å². The van der Waals surface area contributed by atoms with Crippen LogP contribution in [0.25, 0.3) is 4.96 Å². The van der Waals surface area contributed by atoms with Gasteiger partial charge in [0.25, 0.3) is 0 Å². The summed E-state index contributed by atoms with van der Waals surface area (Å²) in [7, 11) is 5.32. The fraction of sp³-hybridized carbons (Fsp3) is 0.474. The molecule has 0 bridgehead atoms. The molecule has 1 atom stereocenters. The molecule has 8 heteroatoms. The van der Waals surface area contributed by atoms with E-state index in [0.717, 1.165) is 29.8 Å². The Labute approximate surface area is 163 Å². The number of methoxy groups -OCH3 is 2. The minimum absolute atomic E-state index is 0.119. The Bertz CT molecular complexity index is 921. The summed E-state index contributed by atoms with van der Waals surface area (Å²) in [4.78, 5) is 8.09. The number of para-hydroxylation sites is 1. The van der Waals surface area contributed by atoms with Gasteiger partial charge in [-0.05, 0) is 33.0 Å². The lowest BCUT2D eigenvalue weighted by atomic mass is 10.0. The lowest BCUT2D eigenvalue weighted by molar-refractivity contribution is 0.262. The van der Waals surface area contributed by atoms with Gasteiger partial charge in [0.2, 0.25) is 10.8 Å². The quantitative estimate of drug-likeness (QED) is 0.633. The molecule has 0 spiro atoms. The third kappa shape index (κ3) is 3.59. The summed E-state index contributed by atoms with van der Waals surface area (Å²) in [5, 5.41) is 15.2. The molecule has 1 N–H and O–H groups in total. The fourth-order valence-corrected chi connectivity index (χ4v) is 4.45. The van der Waals surface area contributed by atoms with Crippen LogP contribution in [-0.4, -0.2) is 52.4 Å². The molecule has 27 heavy (non-hydrogen) atoms. The summed E-state index contributed by atoms with van der Waals surface area (Å²) in [5.41, 5.74) is 0.937. The highest BCUT2D eigenvalue weighted by Gasteiger charge is 2.30. The molecule has 0 aliphatic heterocycles. The number of rotatable bonds is 8. The highest BCUT2D eigenvalue weighted by molar-refractivity contribution is 7.17. The summed E-state index contributed by atoms with van der Waals surface area (Å²) in [6.45, 7) is 4.86. The summed E-state index contributed by atoms with van der Waals surface area (Å²) in [5.74, 6) is 2.09. The van der Waals surface area contributed by atoms with Crippen LogP contribution in [0.15, 0.2) is 18.2 Å². The van der Waals surface area contributed by atoms with E-state index in [4.69, 9.17) is 9.47 Å². The Morgan fingerprint density at radius 1 is 1.30 bits per heavy atom. The number of hydrogen-bond donors (Lipinski definition) is 1. The average molecular weight is 391 g/mol. The van der Waals surface area contributed by atoms with Crippen LogP contribution in [-0.2, 0) is 0 Å². The number of thiazole rings is 1.